The van der Waals surface area contributed by atoms with E-state index in [-0.39, 0.29) is 17.7 Å². The Hall–Kier alpha value is -3.36. The second-order valence-electron chi connectivity index (χ2n) is 7.43. The van der Waals surface area contributed by atoms with Crippen molar-refractivity contribution >= 4 is 5.91 Å². The molecule has 4 rings (SSSR count). The van der Waals surface area contributed by atoms with Crippen molar-refractivity contribution in [3.8, 4) is 5.75 Å². The minimum absolute atomic E-state index is 0.200. The molecular weight excluding hydrogens is 409 g/mol. The van der Waals surface area contributed by atoms with Gasteiger partial charge in [-0.05, 0) is 61.7 Å². The molecule has 9 heteroatoms. The third kappa shape index (κ3) is 4.70. The predicted octanol–water partition coefficient (Wildman–Crippen LogP) is 4.51. The molecule has 1 fully saturated rings. The van der Waals surface area contributed by atoms with Gasteiger partial charge in [0.1, 0.15) is 11.6 Å². The molecule has 1 aliphatic heterocycles. The average Bonchev–Trinajstić information content (AvgIpc) is 3.35. The summed E-state index contributed by atoms with van der Waals surface area (Å²) in [5.41, 5.74) is 2.37. The number of imidazole rings is 1. The van der Waals surface area contributed by atoms with Gasteiger partial charge >= 0.3 is 6.36 Å². The largest absolute Gasteiger partial charge is 0.573 e. The summed E-state index contributed by atoms with van der Waals surface area (Å²) in [5.74, 6) is 0.208. The van der Waals surface area contributed by atoms with Crippen LogP contribution in [0.15, 0.2) is 55.0 Å². The van der Waals surface area contributed by atoms with Gasteiger partial charge in [-0.1, -0.05) is 0 Å². The first-order chi connectivity index (χ1) is 14.8. The Labute approximate surface area is 177 Å². The summed E-state index contributed by atoms with van der Waals surface area (Å²) in [6.45, 7) is 3.15. The van der Waals surface area contributed by atoms with Gasteiger partial charge in [0.25, 0.3) is 5.91 Å². The molecule has 0 spiro atoms. The Balaban J connectivity index is 1.55. The van der Waals surface area contributed by atoms with E-state index in [1.165, 1.54) is 12.1 Å². The third-order valence-corrected chi connectivity index (χ3v) is 5.32. The molecule has 1 unspecified atom stereocenters. The Morgan fingerprint density at radius 3 is 2.55 bits per heavy atom. The van der Waals surface area contributed by atoms with Gasteiger partial charge < -0.3 is 14.2 Å². The highest BCUT2D eigenvalue weighted by Crippen LogP contribution is 2.33. The molecule has 162 valence electrons. The predicted molar refractivity (Wildman–Crippen MR) is 106 cm³/mol. The number of pyridine rings is 1. The maximum absolute atomic E-state index is 13.1. The van der Waals surface area contributed by atoms with Crippen molar-refractivity contribution in [2.24, 2.45) is 0 Å². The second kappa shape index (κ2) is 8.41. The molecule has 1 amide bonds. The summed E-state index contributed by atoms with van der Waals surface area (Å²) >= 11 is 0. The van der Waals surface area contributed by atoms with E-state index in [2.05, 4.69) is 19.3 Å². The molecule has 0 radical (unpaired) electrons. The number of alkyl halides is 3. The lowest BCUT2D eigenvalue weighted by molar-refractivity contribution is -0.274. The van der Waals surface area contributed by atoms with E-state index in [9.17, 15) is 18.0 Å². The van der Waals surface area contributed by atoms with E-state index < -0.39 is 6.36 Å². The summed E-state index contributed by atoms with van der Waals surface area (Å²) in [5, 5.41) is 0. The van der Waals surface area contributed by atoms with Crippen LogP contribution in [0, 0.1) is 6.92 Å². The van der Waals surface area contributed by atoms with Gasteiger partial charge in [-0.2, -0.15) is 0 Å². The van der Waals surface area contributed by atoms with Gasteiger partial charge in [-0.25, -0.2) is 4.98 Å². The molecule has 6 nitrogen and oxygen atoms in total. The highest BCUT2D eigenvalue weighted by molar-refractivity contribution is 5.94. The smallest absolute Gasteiger partial charge is 0.406 e. The number of aryl methyl sites for hydroxylation is 1. The van der Waals surface area contributed by atoms with Crippen molar-refractivity contribution in [2.45, 2.75) is 38.7 Å². The minimum atomic E-state index is -4.77. The van der Waals surface area contributed by atoms with Gasteiger partial charge in [0, 0.05) is 42.9 Å². The number of carbonyl (C=O) groups excluding carboxylic acids is 1. The first kappa shape index (κ1) is 20.9. The molecule has 1 aromatic carbocycles. The fourth-order valence-electron chi connectivity index (χ4n) is 3.87. The van der Waals surface area contributed by atoms with Crippen LogP contribution in [0.5, 0.6) is 5.75 Å². The van der Waals surface area contributed by atoms with E-state index in [0.29, 0.717) is 18.7 Å². The number of ether oxygens (including phenoxy) is 1. The number of likely N-dealkylation sites (tertiary alicyclic amines) is 1. The van der Waals surface area contributed by atoms with Crippen molar-refractivity contribution in [2.75, 3.05) is 6.54 Å². The summed E-state index contributed by atoms with van der Waals surface area (Å²) in [6, 6.07) is 8.69. The van der Waals surface area contributed by atoms with E-state index in [4.69, 9.17) is 0 Å². The van der Waals surface area contributed by atoms with Crippen molar-refractivity contribution in [3.63, 3.8) is 0 Å². The van der Waals surface area contributed by atoms with Crippen LogP contribution in [0.4, 0.5) is 13.2 Å². The van der Waals surface area contributed by atoms with Crippen LogP contribution in [0.1, 0.15) is 46.3 Å². The number of hydrogen-bond donors (Lipinski definition) is 0. The number of carbonyl (C=O) groups is 1. The summed E-state index contributed by atoms with van der Waals surface area (Å²) in [6.07, 6.45) is 2.09. The first-order valence-corrected chi connectivity index (χ1v) is 9.89. The lowest BCUT2D eigenvalue weighted by Crippen LogP contribution is -2.32. The number of hydrogen-bond acceptors (Lipinski definition) is 4. The Morgan fingerprint density at radius 2 is 1.87 bits per heavy atom. The van der Waals surface area contributed by atoms with Crippen LogP contribution < -0.4 is 4.74 Å². The number of rotatable bonds is 5. The normalized spacial score (nSPS) is 16.5. The van der Waals surface area contributed by atoms with Crippen molar-refractivity contribution < 1.29 is 22.7 Å². The number of benzene rings is 1. The maximum atomic E-state index is 13.1. The first-order valence-electron chi connectivity index (χ1n) is 9.89. The number of aromatic nitrogens is 3. The van der Waals surface area contributed by atoms with Crippen LogP contribution in [0.25, 0.3) is 0 Å². The Kier molecular flexibility index (Phi) is 5.67. The van der Waals surface area contributed by atoms with Crippen molar-refractivity contribution in [3.05, 3.63) is 77.6 Å². The standard InChI is InChI=1S/C22H21F3N4O2/c1-15-13-27-20(29(15)14-16-8-10-26-11-9-16)19-3-2-12-28(19)21(30)17-4-6-18(7-5-17)31-22(23,24)25/h4-11,13,19H,2-3,12,14H2,1H3. The van der Waals surface area contributed by atoms with E-state index >= 15 is 0 Å². The zero-order valence-electron chi connectivity index (χ0n) is 16.8. The second-order valence-corrected chi connectivity index (χ2v) is 7.43. The molecule has 2 aromatic heterocycles. The van der Waals surface area contributed by atoms with Gasteiger partial charge in [-0.3, -0.25) is 9.78 Å². The van der Waals surface area contributed by atoms with Crippen molar-refractivity contribution in [1.29, 1.82) is 0 Å². The fourth-order valence-corrected chi connectivity index (χ4v) is 3.87. The zero-order valence-corrected chi connectivity index (χ0v) is 16.8. The molecule has 31 heavy (non-hydrogen) atoms. The number of halogens is 3. The number of nitrogens with zero attached hydrogens (tertiary/aromatic N) is 4. The zero-order chi connectivity index (χ0) is 22.0. The van der Waals surface area contributed by atoms with Crippen LogP contribution >= 0.6 is 0 Å². The van der Waals surface area contributed by atoms with Gasteiger partial charge in [0.05, 0.1) is 6.04 Å². The molecule has 0 aliphatic carbocycles. The van der Waals surface area contributed by atoms with E-state index in [0.717, 1.165) is 42.1 Å². The molecule has 1 atom stereocenters. The van der Waals surface area contributed by atoms with Gasteiger partial charge in [0.2, 0.25) is 0 Å². The van der Waals surface area contributed by atoms with E-state index in [1.807, 2.05) is 19.1 Å². The van der Waals surface area contributed by atoms with Crippen LogP contribution in [0.3, 0.4) is 0 Å². The quantitative estimate of drug-likeness (QED) is 0.598. The van der Waals surface area contributed by atoms with E-state index in [1.54, 1.807) is 23.5 Å². The highest BCUT2D eigenvalue weighted by Gasteiger charge is 2.34. The highest BCUT2D eigenvalue weighted by atomic mass is 19.4. The molecule has 3 heterocycles. The minimum Gasteiger partial charge on any atom is -0.406 e. The molecule has 1 aliphatic rings. The van der Waals surface area contributed by atoms with Gasteiger partial charge in [-0.15, -0.1) is 13.2 Å². The summed E-state index contributed by atoms with van der Waals surface area (Å²) < 4.78 is 43.1. The topological polar surface area (TPSA) is 60.3 Å². The summed E-state index contributed by atoms with van der Waals surface area (Å²) in [4.78, 5) is 23.5. The monoisotopic (exact) mass is 430 g/mol. The SMILES string of the molecule is Cc1cnc(C2CCCN2C(=O)c2ccc(OC(F)(F)F)cc2)n1Cc1ccncc1. The molecule has 0 bridgehead atoms. The summed E-state index contributed by atoms with van der Waals surface area (Å²) in [7, 11) is 0. The molecule has 0 N–H and O–H groups in total. The average molecular weight is 430 g/mol. The Bertz CT molecular complexity index is 1050. The maximum Gasteiger partial charge on any atom is 0.573 e. The molecular formula is C22H21F3N4O2. The fraction of sp³-hybridized carbons (Fsp3) is 0.318. The third-order valence-electron chi connectivity index (χ3n) is 5.32. The number of amides is 1. The Morgan fingerprint density at radius 1 is 1.16 bits per heavy atom. The van der Waals surface area contributed by atoms with Gasteiger partial charge in [0.15, 0.2) is 0 Å². The van der Waals surface area contributed by atoms with Crippen LogP contribution in [-0.4, -0.2) is 38.2 Å². The van der Waals surface area contributed by atoms with Crippen LogP contribution in [-0.2, 0) is 6.54 Å². The lowest BCUT2D eigenvalue weighted by Gasteiger charge is -2.25. The molecule has 3 aromatic rings. The van der Waals surface area contributed by atoms with Crippen LogP contribution in [0.2, 0.25) is 0 Å². The molecule has 1 saturated heterocycles. The van der Waals surface area contributed by atoms with Crippen molar-refractivity contribution in [1.82, 2.24) is 19.4 Å². The molecule has 0 saturated carbocycles. The lowest BCUT2D eigenvalue weighted by atomic mass is 10.1.